The molecule has 0 fully saturated rings. The van der Waals surface area contributed by atoms with Crippen molar-refractivity contribution in [2.45, 2.75) is 6.92 Å². The first-order chi connectivity index (χ1) is 4.74. The fraction of sp³-hybridized carbons (Fsp3) is 0.286. The average Bonchev–Trinajstić information content (AvgIpc) is 1.94. The largest absolute Gasteiger partial charge is 0.388 e. The van der Waals surface area contributed by atoms with E-state index in [1.165, 1.54) is 6.07 Å². The number of nitrogens with one attached hydrogen (secondary N) is 2. The van der Waals surface area contributed by atoms with Gasteiger partial charge in [-0.05, 0) is 12.5 Å². The van der Waals surface area contributed by atoms with Crippen molar-refractivity contribution < 1.29 is 0 Å². The average molecular weight is 138 g/mol. The lowest BCUT2D eigenvalue weighted by Gasteiger charge is -2.00. The Balaban J connectivity index is 3.22. The van der Waals surface area contributed by atoms with Gasteiger partial charge in [-0.2, -0.15) is 0 Å². The van der Waals surface area contributed by atoms with Crippen molar-refractivity contribution in [1.29, 1.82) is 0 Å². The molecule has 0 radical (unpaired) electrons. The minimum Gasteiger partial charge on any atom is -0.388 e. The van der Waals surface area contributed by atoms with Crippen LogP contribution in [0.3, 0.4) is 0 Å². The molecule has 1 heterocycles. The van der Waals surface area contributed by atoms with Gasteiger partial charge in [0.05, 0.1) is 0 Å². The number of hydrogen-bond donors (Lipinski definition) is 2. The number of aryl methyl sites for hydroxylation is 1. The van der Waals surface area contributed by atoms with E-state index < -0.39 is 0 Å². The predicted octanol–water partition coefficient (Wildman–Crippen LogP) is 0.725. The van der Waals surface area contributed by atoms with E-state index in [-0.39, 0.29) is 5.56 Å². The number of hydrogen-bond acceptors (Lipinski definition) is 2. The molecule has 0 aromatic carbocycles. The molecule has 54 valence electrons. The summed E-state index contributed by atoms with van der Waals surface area (Å²) in [5.74, 6) is 0. The Morgan fingerprint density at radius 1 is 1.60 bits per heavy atom. The molecule has 0 aliphatic heterocycles. The second-order valence-corrected chi connectivity index (χ2v) is 2.14. The normalized spacial score (nSPS) is 9.40. The van der Waals surface area contributed by atoms with E-state index in [1.54, 1.807) is 13.2 Å². The van der Waals surface area contributed by atoms with Crippen LogP contribution in [0.1, 0.15) is 5.56 Å². The quantitative estimate of drug-likeness (QED) is 0.600. The minimum absolute atomic E-state index is 0.0741. The van der Waals surface area contributed by atoms with Gasteiger partial charge in [0.2, 0.25) is 5.56 Å². The van der Waals surface area contributed by atoms with Crippen molar-refractivity contribution in [3.8, 4) is 0 Å². The van der Waals surface area contributed by atoms with Crippen LogP contribution in [-0.4, -0.2) is 12.0 Å². The number of rotatable bonds is 1. The minimum atomic E-state index is -0.0741. The molecule has 0 unspecified atom stereocenters. The summed E-state index contributed by atoms with van der Waals surface area (Å²) in [6.07, 6.45) is 1.69. The standard InChI is InChI=1S/C7H10N2O/c1-5-4-9-7(10)3-6(5)8-2/h3-4H,1-2H3,(H2,8,9,10). The van der Waals surface area contributed by atoms with Gasteiger partial charge >= 0.3 is 0 Å². The summed E-state index contributed by atoms with van der Waals surface area (Å²) in [5, 5.41) is 2.92. The van der Waals surface area contributed by atoms with Gasteiger partial charge in [-0.3, -0.25) is 4.79 Å². The Morgan fingerprint density at radius 2 is 2.30 bits per heavy atom. The smallest absolute Gasteiger partial charge is 0.249 e. The molecule has 2 N–H and O–H groups in total. The highest BCUT2D eigenvalue weighted by atomic mass is 16.1. The zero-order valence-corrected chi connectivity index (χ0v) is 6.06. The molecule has 1 aromatic heterocycles. The number of aromatic amines is 1. The SMILES string of the molecule is CNc1cc(=O)[nH]cc1C. The molecule has 1 aromatic rings. The third kappa shape index (κ3) is 1.18. The van der Waals surface area contributed by atoms with Gasteiger partial charge in [0, 0.05) is 25.0 Å². The molecular weight excluding hydrogens is 128 g/mol. The molecule has 0 amide bonds. The number of aromatic nitrogens is 1. The summed E-state index contributed by atoms with van der Waals surface area (Å²) in [7, 11) is 1.79. The van der Waals surface area contributed by atoms with Crippen LogP contribution in [0.2, 0.25) is 0 Å². The first kappa shape index (κ1) is 6.86. The summed E-state index contributed by atoms with van der Waals surface area (Å²) < 4.78 is 0. The van der Waals surface area contributed by atoms with Crippen LogP contribution in [0.15, 0.2) is 17.1 Å². The molecule has 0 saturated carbocycles. The first-order valence-corrected chi connectivity index (χ1v) is 3.11. The third-order valence-electron chi connectivity index (χ3n) is 1.40. The van der Waals surface area contributed by atoms with Gasteiger partial charge in [-0.1, -0.05) is 0 Å². The molecule has 1 rings (SSSR count). The lowest BCUT2D eigenvalue weighted by atomic mass is 10.3. The van der Waals surface area contributed by atoms with Crippen LogP contribution in [-0.2, 0) is 0 Å². The van der Waals surface area contributed by atoms with Crippen molar-refractivity contribution in [2.24, 2.45) is 0 Å². The summed E-state index contributed by atoms with van der Waals surface area (Å²) in [4.78, 5) is 13.3. The van der Waals surface area contributed by atoms with Gasteiger partial charge in [0.25, 0.3) is 0 Å². The van der Waals surface area contributed by atoms with Gasteiger partial charge < -0.3 is 10.3 Å². The Bertz CT molecular complexity index is 277. The molecule has 10 heavy (non-hydrogen) atoms. The molecule has 0 spiro atoms. The molecule has 3 heteroatoms. The van der Waals surface area contributed by atoms with Crippen molar-refractivity contribution in [2.75, 3.05) is 12.4 Å². The van der Waals surface area contributed by atoms with Crippen LogP contribution in [0.4, 0.5) is 5.69 Å². The summed E-state index contributed by atoms with van der Waals surface area (Å²) in [6.45, 7) is 1.93. The van der Waals surface area contributed by atoms with Crippen molar-refractivity contribution in [1.82, 2.24) is 4.98 Å². The molecule has 0 aliphatic rings. The Kier molecular flexibility index (Phi) is 1.76. The van der Waals surface area contributed by atoms with Crippen LogP contribution in [0.25, 0.3) is 0 Å². The highest BCUT2D eigenvalue weighted by Gasteiger charge is 1.93. The van der Waals surface area contributed by atoms with E-state index in [0.29, 0.717) is 0 Å². The van der Waals surface area contributed by atoms with Gasteiger partial charge in [-0.15, -0.1) is 0 Å². The third-order valence-corrected chi connectivity index (χ3v) is 1.40. The van der Waals surface area contributed by atoms with E-state index in [2.05, 4.69) is 10.3 Å². The summed E-state index contributed by atoms with van der Waals surface area (Å²) in [6, 6.07) is 1.54. The number of pyridine rings is 1. The van der Waals surface area contributed by atoms with Crippen molar-refractivity contribution in [3.05, 3.63) is 28.2 Å². The van der Waals surface area contributed by atoms with Crippen LogP contribution >= 0.6 is 0 Å². The van der Waals surface area contributed by atoms with Gasteiger partial charge in [-0.25, -0.2) is 0 Å². The van der Waals surface area contributed by atoms with Gasteiger partial charge in [0.1, 0.15) is 0 Å². The van der Waals surface area contributed by atoms with Crippen molar-refractivity contribution >= 4 is 5.69 Å². The van der Waals surface area contributed by atoms with Crippen LogP contribution in [0.5, 0.6) is 0 Å². The maximum absolute atomic E-state index is 10.7. The monoisotopic (exact) mass is 138 g/mol. The topological polar surface area (TPSA) is 44.9 Å². The van der Waals surface area contributed by atoms with E-state index in [0.717, 1.165) is 11.3 Å². The Morgan fingerprint density at radius 3 is 2.80 bits per heavy atom. The van der Waals surface area contributed by atoms with E-state index in [9.17, 15) is 4.79 Å². The molecule has 3 nitrogen and oxygen atoms in total. The van der Waals surface area contributed by atoms with Crippen LogP contribution < -0.4 is 10.9 Å². The maximum Gasteiger partial charge on any atom is 0.249 e. The summed E-state index contributed by atoms with van der Waals surface area (Å²) in [5.41, 5.74) is 1.85. The zero-order chi connectivity index (χ0) is 7.56. The molecular formula is C7H10N2O. The second kappa shape index (κ2) is 2.56. The molecule has 0 saturated heterocycles. The molecule has 0 bridgehead atoms. The Labute approximate surface area is 59.1 Å². The fourth-order valence-corrected chi connectivity index (χ4v) is 0.813. The lowest BCUT2D eigenvalue weighted by Crippen LogP contribution is -2.06. The van der Waals surface area contributed by atoms with E-state index >= 15 is 0 Å². The fourth-order valence-electron chi connectivity index (χ4n) is 0.813. The maximum atomic E-state index is 10.7. The highest BCUT2D eigenvalue weighted by molar-refractivity contribution is 5.47. The van der Waals surface area contributed by atoms with Crippen molar-refractivity contribution in [3.63, 3.8) is 0 Å². The zero-order valence-electron chi connectivity index (χ0n) is 6.06. The number of H-pyrrole nitrogens is 1. The lowest BCUT2D eigenvalue weighted by molar-refractivity contribution is 1.19. The van der Waals surface area contributed by atoms with E-state index in [1.807, 2.05) is 6.92 Å². The molecule has 0 aliphatic carbocycles. The highest BCUT2D eigenvalue weighted by Crippen LogP contribution is 2.06. The second-order valence-electron chi connectivity index (χ2n) is 2.14. The number of anilines is 1. The van der Waals surface area contributed by atoms with Crippen LogP contribution in [0, 0.1) is 6.92 Å². The van der Waals surface area contributed by atoms with E-state index in [4.69, 9.17) is 0 Å². The predicted molar refractivity (Wildman–Crippen MR) is 41.3 cm³/mol. The Hall–Kier alpha value is -1.25. The first-order valence-electron chi connectivity index (χ1n) is 3.11. The summed E-state index contributed by atoms with van der Waals surface area (Å²) >= 11 is 0. The molecule has 0 atom stereocenters. The van der Waals surface area contributed by atoms with Gasteiger partial charge in [0.15, 0.2) is 0 Å².